The molecule has 0 aromatic carbocycles. The topological polar surface area (TPSA) is 62.2 Å². The average Bonchev–Trinajstić information content (AvgIpc) is 3.03. The number of nitrogens with zero attached hydrogens (tertiary/aromatic N) is 5. The van der Waals surface area contributed by atoms with E-state index in [0.29, 0.717) is 5.56 Å². The van der Waals surface area contributed by atoms with E-state index in [1.165, 1.54) is 0 Å². The Kier molecular flexibility index (Phi) is 3.03. The zero-order chi connectivity index (χ0) is 15.0. The van der Waals surface area contributed by atoms with Crippen molar-refractivity contribution in [3.8, 4) is 0 Å². The lowest BCUT2D eigenvalue weighted by Crippen LogP contribution is -2.62. The molecule has 6 heteroatoms. The quantitative estimate of drug-likeness (QED) is 0.837. The highest BCUT2D eigenvalue weighted by molar-refractivity contribution is 5.94. The fourth-order valence-electron chi connectivity index (χ4n) is 3.41. The van der Waals surface area contributed by atoms with Crippen molar-refractivity contribution in [2.45, 2.75) is 18.4 Å². The summed E-state index contributed by atoms with van der Waals surface area (Å²) in [5, 5.41) is 0. The minimum Gasteiger partial charge on any atom is -0.336 e. The standard InChI is InChI=1S/C16H17N5O/c22-14(13-3-1-6-17-11-13)20-9-4-16(12-20)5-10-21(16)15-18-7-2-8-19-15/h1-3,6-8,11H,4-5,9-10,12H2. The van der Waals surface area contributed by atoms with Gasteiger partial charge in [0.15, 0.2) is 0 Å². The molecule has 2 aromatic heterocycles. The lowest BCUT2D eigenvalue weighted by atomic mass is 9.84. The molecule has 1 amide bonds. The summed E-state index contributed by atoms with van der Waals surface area (Å²) in [6, 6.07) is 5.44. The Morgan fingerprint density at radius 2 is 1.91 bits per heavy atom. The molecule has 0 saturated carbocycles. The second kappa shape index (κ2) is 5.05. The van der Waals surface area contributed by atoms with E-state index in [9.17, 15) is 4.79 Å². The number of carbonyl (C=O) groups is 1. The van der Waals surface area contributed by atoms with E-state index in [2.05, 4.69) is 19.9 Å². The zero-order valence-corrected chi connectivity index (χ0v) is 12.2. The highest BCUT2D eigenvalue weighted by atomic mass is 16.2. The Morgan fingerprint density at radius 3 is 2.59 bits per heavy atom. The summed E-state index contributed by atoms with van der Waals surface area (Å²) in [7, 11) is 0. The van der Waals surface area contributed by atoms with Crippen LogP contribution in [0.25, 0.3) is 0 Å². The van der Waals surface area contributed by atoms with Crippen molar-refractivity contribution in [1.29, 1.82) is 0 Å². The van der Waals surface area contributed by atoms with Crippen LogP contribution in [0.4, 0.5) is 5.95 Å². The fraction of sp³-hybridized carbons (Fsp3) is 0.375. The van der Waals surface area contributed by atoms with Gasteiger partial charge in [0.25, 0.3) is 5.91 Å². The van der Waals surface area contributed by atoms with Crippen molar-refractivity contribution in [3.63, 3.8) is 0 Å². The number of anilines is 1. The molecule has 6 nitrogen and oxygen atoms in total. The van der Waals surface area contributed by atoms with Crippen LogP contribution in [-0.2, 0) is 0 Å². The van der Waals surface area contributed by atoms with Crippen LogP contribution in [0.15, 0.2) is 43.0 Å². The molecule has 4 heterocycles. The van der Waals surface area contributed by atoms with Crippen molar-refractivity contribution in [2.24, 2.45) is 0 Å². The molecule has 0 radical (unpaired) electrons. The molecule has 1 unspecified atom stereocenters. The van der Waals surface area contributed by atoms with E-state index in [-0.39, 0.29) is 11.4 Å². The van der Waals surface area contributed by atoms with Crippen LogP contribution in [0, 0.1) is 0 Å². The molecule has 4 rings (SSSR count). The Labute approximate surface area is 128 Å². The van der Waals surface area contributed by atoms with E-state index < -0.39 is 0 Å². The second-order valence-corrected chi connectivity index (χ2v) is 5.89. The highest BCUT2D eigenvalue weighted by Crippen LogP contribution is 2.41. The van der Waals surface area contributed by atoms with Gasteiger partial charge in [-0.1, -0.05) is 0 Å². The summed E-state index contributed by atoms with van der Waals surface area (Å²) in [6.07, 6.45) is 8.90. The third-order valence-corrected chi connectivity index (χ3v) is 4.69. The Bertz CT molecular complexity index is 677. The molecule has 112 valence electrons. The smallest absolute Gasteiger partial charge is 0.255 e. The highest BCUT2D eigenvalue weighted by Gasteiger charge is 2.51. The number of hydrogen-bond acceptors (Lipinski definition) is 5. The van der Waals surface area contributed by atoms with Crippen molar-refractivity contribution in [2.75, 3.05) is 24.5 Å². The Morgan fingerprint density at radius 1 is 1.09 bits per heavy atom. The lowest BCUT2D eigenvalue weighted by molar-refractivity contribution is 0.0775. The minimum atomic E-state index is 0.0131. The van der Waals surface area contributed by atoms with E-state index in [1.54, 1.807) is 30.9 Å². The number of carbonyl (C=O) groups excluding carboxylic acids is 1. The van der Waals surface area contributed by atoms with Crippen LogP contribution in [-0.4, -0.2) is 50.9 Å². The number of hydrogen-bond donors (Lipinski definition) is 0. The van der Waals surface area contributed by atoms with Gasteiger partial charge in [-0.2, -0.15) is 0 Å². The zero-order valence-electron chi connectivity index (χ0n) is 12.2. The fourth-order valence-corrected chi connectivity index (χ4v) is 3.41. The number of amides is 1. The van der Waals surface area contributed by atoms with Gasteiger partial charge in [0, 0.05) is 44.4 Å². The van der Waals surface area contributed by atoms with Crippen LogP contribution >= 0.6 is 0 Å². The first-order valence-corrected chi connectivity index (χ1v) is 7.52. The molecule has 0 N–H and O–H groups in total. The normalized spacial score (nSPS) is 23.6. The first-order chi connectivity index (χ1) is 10.8. The summed E-state index contributed by atoms with van der Waals surface area (Å²) in [6.45, 7) is 2.47. The van der Waals surface area contributed by atoms with Gasteiger partial charge >= 0.3 is 0 Å². The molecule has 1 atom stereocenters. The van der Waals surface area contributed by atoms with Crippen molar-refractivity contribution in [3.05, 3.63) is 48.5 Å². The molecular formula is C16H17N5O. The second-order valence-electron chi connectivity index (χ2n) is 5.89. The third kappa shape index (κ3) is 2.03. The third-order valence-electron chi connectivity index (χ3n) is 4.69. The monoisotopic (exact) mass is 295 g/mol. The van der Waals surface area contributed by atoms with Crippen molar-refractivity contribution < 1.29 is 4.79 Å². The van der Waals surface area contributed by atoms with Gasteiger partial charge in [0.2, 0.25) is 5.95 Å². The summed E-state index contributed by atoms with van der Waals surface area (Å²) >= 11 is 0. The number of pyridine rings is 1. The molecule has 22 heavy (non-hydrogen) atoms. The lowest BCUT2D eigenvalue weighted by Gasteiger charge is -2.50. The molecule has 0 bridgehead atoms. The first kappa shape index (κ1) is 13.2. The summed E-state index contributed by atoms with van der Waals surface area (Å²) in [4.78, 5) is 29.4. The number of rotatable bonds is 2. The van der Waals surface area contributed by atoms with Gasteiger partial charge < -0.3 is 9.80 Å². The summed E-state index contributed by atoms with van der Waals surface area (Å²) in [5.41, 5.74) is 0.667. The van der Waals surface area contributed by atoms with Crippen LogP contribution in [0.5, 0.6) is 0 Å². The molecule has 2 aliphatic rings. The molecule has 2 aliphatic heterocycles. The van der Waals surface area contributed by atoms with Gasteiger partial charge in [-0.15, -0.1) is 0 Å². The maximum Gasteiger partial charge on any atom is 0.255 e. The summed E-state index contributed by atoms with van der Waals surface area (Å²) < 4.78 is 0. The molecule has 2 fully saturated rings. The molecular weight excluding hydrogens is 278 g/mol. The molecule has 0 aliphatic carbocycles. The number of aromatic nitrogens is 3. The number of likely N-dealkylation sites (tertiary alicyclic amines) is 1. The Balaban J connectivity index is 1.52. The van der Waals surface area contributed by atoms with Crippen LogP contribution in [0.2, 0.25) is 0 Å². The van der Waals surface area contributed by atoms with Crippen molar-refractivity contribution >= 4 is 11.9 Å². The van der Waals surface area contributed by atoms with Gasteiger partial charge in [-0.25, -0.2) is 9.97 Å². The average molecular weight is 295 g/mol. The van der Waals surface area contributed by atoms with Crippen LogP contribution < -0.4 is 4.90 Å². The molecule has 2 saturated heterocycles. The van der Waals surface area contributed by atoms with E-state index >= 15 is 0 Å². The van der Waals surface area contributed by atoms with Gasteiger partial charge in [-0.05, 0) is 31.0 Å². The van der Waals surface area contributed by atoms with Gasteiger partial charge in [0.1, 0.15) is 0 Å². The van der Waals surface area contributed by atoms with Gasteiger partial charge in [0.05, 0.1) is 11.1 Å². The minimum absolute atomic E-state index is 0.0131. The molecule has 1 spiro atoms. The van der Waals surface area contributed by atoms with E-state index in [1.807, 2.05) is 17.0 Å². The molecule has 2 aromatic rings. The Hall–Kier alpha value is -2.50. The summed E-state index contributed by atoms with van der Waals surface area (Å²) in [5.74, 6) is 0.829. The van der Waals surface area contributed by atoms with E-state index in [4.69, 9.17) is 0 Å². The first-order valence-electron chi connectivity index (χ1n) is 7.52. The predicted octanol–water partition coefficient (Wildman–Crippen LogP) is 1.37. The van der Waals surface area contributed by atoms with E-state index in [0.717, 1.165) is 38.4 Å². The maximum absolute atomic E-state index is 12.6. The van der Waals surface area contributed by atoms with Crippen LogP contribution in [0.1, 0.15) is 23.2 Å². The van der Waals surface area contributed by atoms with Crippen LogP contribution in [0.3, 0.4) is 0 Å². The predicted molar refractivity (Wildman–Crippen MR) is 81.5 cm³/mol. The SMILES string of the molecule is O=C(c1cccnc1)N1CCC2(CCN2c2ncccn2)C1. The van der Waals surface area contributed by atoms with Crippen molar-refractivity contribution in [1.82, 2.24) is 19.9 Å². The maximum atomic E-state index is 12.6. The van der Waals surface area contributed by atoms with Gasteiger partial charge in [-0.3, -0.25) is 9.78 Å². The largest absolute Gasteiger partial charge is 0.336 e.